The predicted octanol–water partition coefficient (Wildman–Crippen LogP) is 16.0. The minimum atomic E-state index is -0.409. The molecule has 0 saturated heterocycles. The lowest BCUT2D eigenvalue weighted by molar-refractivity contribution is 0.794. The fourth-order valence-corrected chi connectivity index (χ4v) is 11.7. The van der Waals surface area contributed by atoms with Crippen molar-refractivity contribution in [3.05, 3.63) is 259 Å². The van der Waals surface area contributed by atoms with Crippen LogP contribution in [0.2, 0.25) is 0 Å². The number of para-hydroxylation sites is 2. The molecule has 0 atom stereocenters. The van der Waals surface area contributed by atoms with Gasteiger partial charge in [-0.25, -0.2) is 9.97 Å². The van der Waals surface area contributed by atoms with Crippen LogP contribution in [0.25, 0.3) is 111 Å². The Labute approximate surface area is 388 Å². The summed E-state index contributed by atoms with van der Waals surface area (Å²) in [5.74, 6) is 0. The molecule has 0 amide bonds. The number of nitrogens with zero attached hydrogens (tertiary/aromatic N) is 3. The number of hydrogen-bond acceptors (Lipinski definition) is 3. The standard InChI is InChI=1S/C64H39N3/c1-2-17-41(18-3-1)62-63(67-58-32-15-14-31-57(58)66-62)42-35-33-40(34-36-42)59-48-21-4-6-23-50(48)60(51-24-7-5-22-49(51)59)44-37-43(38-65-39-44)45-26-16-30-56-61(45)52-25-10-13-29-55(52)64(56)53-27-11-8-19-46(53)47-20-9-12-28-54(47)64/h1-39H. The molecule has 2 aliphatic rings. The van der Waals surface area contributed by atoms with Crippen LogP contribution < -0.4 is 0 Å². The van der Waals surface area contributed by atoms with Gasteiger partial charge in [-0.2, -0.15) is 0 Å². The summed E-state index contributed by atoms with van der Waals surface area (Å²) in [4.78, 5) is 15.4. The molecule has 3 heteroatoms. The summed E-state index contributed by atoms with van der Waals surface area (Å²) in [6.07, 6.45) is 4.09. The van der Waals surface area contributed by atoms with Gasteiger partial charge in [-0.3, -0.25) is 4.98 Å². The third-order valence-electron chi connectivity index (χ3n) is 14.4. The lowest BCUT2D eigenvalue weighted by atomic mass is 9.70. The molecule has 67 heavy (non-hydrogen) atoms. The molecule has 2 aromatic heterocycles. The fourth-order valence-electron chi connectivity index (χ4n) is 11.7. The van der Waals surface area contributed by atoms with Crippen molar-refractivity contribution >= 4 is 32.6 Å². The average molecular weight is 850 g/mol. The maximum Gasteiger partial charge on any atom is 0.0973 e. The summed E-state index contributed by atoms with van der Waals surface area (Å²) >= 11 is 0. The fraction of sp³-hybridized carbons (Fsp3) is 0.0156. The normalized spacial score (nSPS) is 12.9. The Kier molecular flexibility index (Phi) is 8.20. The highest BCUT2D eigenvalue weighted by molar-refractivity contribution is 6.21. The largest absolute Gasteiger partial charge is 0.263 e. The second kappa shape index (κ2) is 14.6. The van der Waals surface area contributed by atoms with Crippen LogP contribution in [0.15, 0.2) is 237 Å². The number of aromatic nitrogens is 3. The van der Waals surface area contributed by atoms with Gasteiger partial charge in [0.05, 0.1) is 27.8 Å². The molecule has 0 fully saturated rings. The highest BCUT2D eigenvalue weighted by Crippen LogP contribution is 2.64. The summed E-state index contributed by atoms with van der Waals surface area (Å²) in [6, 6.07) is 81.4. The highest BCUT2D eigenvalue weighted by atomic mass is 14.8. The van der Waals surface area contributed by atoms with Crippen LogP contribution in [0.3, 0.4) is 0 Å². The Bertz CT molecular complexity index is 3880. The van der Waals surface area contributed by atoms with Crippen LogP contribution in [0, 0.1) is 0 Å². The van der Waals surface area contributed by atoms with Gasteiger partial charge >= 0.3 is 0 Å². The first-order valence-electron chi connectivity index (χ1n) is 23.0. The predicted molar refractivity (Wildman–Crippen MR) is 276 cm³/mol. The van der Waals surface area contributed by atoms with Crippen molar-refractivity contribution in [2.75, 3.05) is 0 Å². The van der Waals surface area contributed by atoms with Crippen molar-refractivity contribution in [3.8, 4) is 78.1 Å². The molecule has 0 saturated carbocycles. The molecule has 14 rings (SSSR count). The van der Waals surface area contributed by atoms with Crippen molar-refractivity contribution in [1.82, 2.24) is 15.0 Å². The van der Waals surface area contributed by atoms with E-state index in [-0.39, 0.29) is 0 Å². The van der Waals surface area contributed by atoms with Gasteiger partial charge in [0.2, 0.25) is 0 Å². The zero-order valence-corrected chi connectivity index (χ0v) is 36.4. The average Bonchev–Trinajstić information content (AvgIpc) is 3.88. The molecule has 1 spiro atoms. The highest BCUT2D eigenvalue weighted by Gasteiger charge is 2.52. The lowest BCUT2D eigenvalue weighted by Crippen LogP contribution is -2.25. The van der Waals surface area contributed by atoms with Gasteiger partial charge in [0.15, 0.2) is 0 Å². The van der Waals surface area contributed by atoms with Gasteiger partial charge in [-0.05, 0) is 107 Å². The molecule has 0 aliphatic heterocycles. The number of pyridine rings is 1. The Morgan fingerprint density at radius 3 is 1.28 bits per heavy atom. The first-order chi connectivity index (χ1) is 33.3. The van der Waals surface area contributed by atoms with Crippen molar-refractivity contribution in [1.29, 1.82) is 0 Å². The lowest BCUT2D eigenvalue weighted by Gasteiger charge is -2.30. The SMILES string of the molecule is c1ccc(-c2nc3ccccc3nc2-c2ccc(-c3c4ccccc4c(-c4cncc(-c5cccc6c5-c5ccccc5C65c6ccccc6-c6ccccc65)c4)c4ccccc34)cc2)cc1. The maximum absolute atomic E-state index is 5.20. The number of benzene rings is 10. The molecule has 3 nitrogen and oxygen atoms in total. The van der Waals surface area contributed by atoms with Crippen molar-refractivity contribution in [3.63, 3.8) is 0 Å². The van der Waals surface area contributed by atoms with Crippen molar-refractivity contribution in [2.45, 2.75) is 5.41 Å². The van der Waals surface area contributed by atoms with Gasteiger partial charge < -0.3 is 0 Å². The molecule has 0 N–H and O–H groups in total. The number of hydrogen-bond donors (Lipinski definition) is 0. The van der Waals surface area contributed by atoms with Gasteiger partial charge in [0.1, 0.15) is 0 Å². The topological polar surface area (TPSA) is 38.7 Å². The summed E-state index contributed by atoms with van der Waals surface area (Å²) in [7, 11) is 0. The third-order valence-corrected chi connectivity index (χ3v) is 14.4. The molecule has 2 aliphatic carbocycles. The van der Waals surface area contributed by atoms with E-state index in [0.717, 1.165) is 50.2 Å². The van der Waals surface area contributed by atoms with Gasteiger partial charge in [0, 0.05) is 34.6 Å². The monoisotopic (exact) mass is 849 g/mol. The Balaban J connectivity index is 0.929. The van der Waals surface area contributed by atoms with E-state index in [9.17, 15) is 0 Å². The van der Waals surface area contributed by atoms with E-state index in [1.165, 1.54) is 82.7 Å². The summed E-state index contributed by atoms with van der Waals surface area (Å²) in [5.41, 5.74) is 22.6. The van der Waals surface area contributed by atoms with E-state index in [4.69, 9.17) is 15.0 Å². The first kappa shape index (κ1) is 37.6. The smallest absolute Gasteiger partial charge is 0.0973 e. The first-order valence-corrected chi connectivity index (χ1v) is 23.0. The molecular weight excluding hydrogens is 811 g/mol. The van der Waals surface area contributed by atoms with Gasteiger partial charge in [-0.15, -0.1) is 0 Å². The molecule has 0 bridgehead atoms. The van der Waals surface area contributed by atoms with E-state index >= 15 is 0 Å². The van der Waals surface area contributed by atoms with Crippen LogP contribution in [0.4, 0.5) is 0 Å². The quantitative estimate of drug-likeness (QED) is 0.162. The molecule has 10 aromatic carbocycles. The number of fused-ring (bicyclic) bond motifs is 13. The van der Waals surface area contributed by atoms with Gasteiger partial charge in [0.25, 0.3) is 0 Å². The summed E-state index contributed by atoms with van der Waals surface area (Å²) < 4.78 is 0. The van der Waals surface area contributed by atoms with E-state index < -0.39 is 5.41 Å². The van der Waals surface area contributed by atoms with Crippen molar-refractivity contribution in [2.24, 2.45) is 0 Å². The summed E-state index contributed by atoms with van der Waals surface area (Å²) in [6.45, 7) is 0. The van der Waals surface area contributed by atoms with E-state index in [1.807, 2.05) is 42.7 Å². The van der Waals surface area contributed by atoms with Crippen LogP contribution in [0.1, 0.15) is 22.3 Å². The van der Waals surface area contributed by atoms with Crippen LogP contribution in [-0.4, -0.2) is 15.0 Å². The molecular formula is C64H39N3. The molecule has 0 radical (unpaired) electrons. The Morgan fingerprint density at radius 1 is 0.269 bits per heavy atom. The van der Waals surface area contributed by atoms with E-state index in [2.05, 4.69) is 194 Å². The molecule has 0 unspecified atom stereocenters. The Morgan fingerprint density at radius 2 is 0.687 bits per heavy atom. The third kappa shape index (κ3) is 5.43. The molecule has 310 valence electrons. The molecule has 12 aromatic rings. The van der Waals surface area contributed by atoms with Gasteiger partial charge in [-0.1, -0.05) is 206 Å². The van der Waals surface area contributed by atoms with E-state index in [1.54, 1.807) is 0 Å². The van der Waals surface area contributed by atoms with Crippen molar-refractivity contribution < 1.29 is 0 Å². The second-order valence-corrected chi connectivity index (χ2v) is 17.8. The summed E-state index contributed by atoms with van der Waals surface area (Å²) in [5, 5.41) is 4.76. The Hall–Kier alpha value is -8.79. The maximum atomic E-state index is 5.20. The van der Waals surface area contributed by atoms with E-state index in [0.29, 0.717) is 0 Å². The zero-order valence-electron chi connectivity index (χ0n) is 36.4. The number of rotatable bonds is 5. The van der Waals surface area contributed by atoms with Crippen LogP contribution >= 0.6 is 0 Å². The second-order valence-electron chi connectivity index (χ2n) is 17.8. The zero-order chi connectivity index (χ0) is 44.1. The minimum Gasteiger partial charge on any atom is -0.263 e. The minimum absolute atomic E-state index is 0.409. The van der Waals surface area contributed by atoms with Crippen LogP contribution in [0.5, 0.6) is 0 Å². The van der Waals surface area contributed by atoms with Crippen LogP contribution in [-0.2, 0) is 5.41 Å². The molecule has 2 heterocycles.